The molecular formula is C29H27N3O4S4. The summed E-state index contributed by atoms with van der Waals surface area (Å²) in [6.45, 7) is 1.71. The number of benzene rings is 2. The molecule has 2 aliphatic heterocycles. The van der Waals surface area contributed by atoms with E-state index in [4.69, 9.17) is 12.2 Å². The lowest BCUT2D eigenvalue weighted by molar-refractivity contribution is -0.137. The molecule has 1 saturated heterocycles. The molecule has 0 spiro atoms. The molecule has 1 aliphatic carbocycles. The lowest BCUT2D eigenvalue weighted by atomic mass is 9.96. The number of carbonyl (C=O) groups excluding carboxylic acids is 1. The van der Waals surface area contributed by atoms with E-state index in [-0.39, 0.29) is 5.91 Å². The number of aliphatic carboxylic acids is 1. The molecule has 0 radical (unpaired) electrons. The van der Waals surface area contributed by atoms with Crippen LogP contribution in [0, 0.1) is 0 Å². The first-order valence-electron chi connectivity index (χ1n) is 13.1. The van der Waals surface area contributed by atoms with E-state index in [2.05, 4.69) is 53.9 Å². The summed E-state index contributed by atoms with van der Waals surface area (Å²) in [5, 5.41) is 9.50. The number of hydrogen-bond acceptors (Lipinski definition) is 8. The second-order valence-electron chi connectivity index (χ2n) is 10.1. The fourth-order valence-electron chi connectivity index (χ4n) is 5.98. The lowest BCUT2D eigenvalue weighted by Crippen LogP contribution is -2.35. The molecular weight excluding hydrogens is 583 g/mol. The average molecular weight is 610 g/mol. The predicted octanol–water partition coefficient (Wildman–Crippen LogP) is 4.03. The van der Waals surface area contributed by atoms with E-state index in [1.165, 1.54) is 38.4 Å². The van der Waals surface area contributed by atoms with Gasteiger partial charge in [-0.1, -0.05) is 48.6 Å². The Morgan fingerprint density at radius 3 is 2.62 bits per heavy atom. The quantitative estimate of drug-likeness (QED) is 0.323. The Balaban J connectivity index is 1.45. The van der Waals surface area contributed by atoms with Gasteiger partial charge in [0.25, 0.3) is 11.5 Å². The number of rotatable bonds is 6. The number of carboxylic acid groups (broad SMARTS) is 1. The van der Waals surface area contributed by atoms with Crippen LogP contribution in [0.2, 0.25) is 0 Å². The van der Waals surface area contributed by atoms with Crippen molar-refractivity contribution in [2.24, 2.45) is 0 Å². The minimum absolute atomic E-state index is 0.295. The first kappa shape index (κ1) is 27.3. The number of carbonyl (C=O) groups is 2. The second-order valence-corrected chi connectivity index (χ2v) is 13.1. The van der Waals surface area contributed by atoms with Gasteiger partial charge in [-0.2, -0.15) is 12.6 Å². The van der Waals surface area contributed by atoms with Crippen LogP contribution < -0.4 is 19.7 Å². The van der Waals surface area contributed by atoms with E-state index >= 15 is 0 Å². The smallest absolute Gasteiger partial charge is 0.323 e. The van der Waals surface area contributed by atoms with Crippen LogP contribution in [-0.2, 0) is 21.9 Å². The fourth-order valence-corrected chi connectivity index (χ4v) is 8.83. The molecule has 40 heavy (non-hydrogen) atoms. The van der Waals surface area contributed by atoms with Crippen LogP contribution in [0.15, 0.2) is 47.3 Å². The summed E-state index contributed by atoms with van der Waals surface area (Å²) in [5.74, 6) is -0.321. The number of hydrogen-bond donors (Lipinski definition) is 2. The molecule has 7 nitrogen and oxygen atoms in total. The van der Waals surface area contributed by atoms with Gasteiger partial charge in [-0.25, -0.2) is 0 Å². The third-order valence-corrected chi connectivity index (χ3v) is 10.8. The highest BCUT2D eigenvalue weighted by atomic mass is 32.2. The van der Waals surface area contributed by atoms with Gasteiger partial charge in [-0.3, -0.25) is 23.9 Å². The summed E-state index contributed by atoms with van der Waals surface area (Å²) < 4.78 is 2.31. The summed E-state index contributed by atoms with van der Waals surface area (Å²) in [5.41, 5.74) is 5.28. The minimum atomic E-state index is -1.15. The van der Waals surface area contributed by atoms with E-state index in [1.807, 2.05) is 19.1 Å². The minimum Gasteiger partial charge on any atom is -0.480 e. The average Bonchev–Trinajstić information content (AvgIpc) is 3.67. The zero-order valence-corrected chi connectivity index (χ0v) is 25.0. The highest BCUT2D eigenvalue weighted by Crippen LogP contribution is 2.52. The van der Waals surface area contributed by atoms with Crippen LogP contribution in [-0.4, -0.2) is 43.4 Å². The van der Waals surface area contributed by atoms with E-state index < -0.39 is 18.1 Å². The zero-order chi connectivity index (χ0) is 28.1. The Bertz CT molecular complexity index is 1730. The first-order chi connectivity index (χ1) is 19.3. The monoisotopic (exact) mass is 609 g/mol. The lowest BCUT2D eigenvalue weighted by Gasteiger charge is -2.27. The van der Waals surface area contributed by atoms with Crippen molar-refractivity contribution in [1.82, 2.24) is 9.47 Å². The summed E-state index contributed by atoms with van der Waals surface area (Å²) >= 11 is 12.0. The maximum absolute atomic E-state index is 13.4. The topological polar surface area (TPSA) is 82.9 Å². The highest BCUT2D eigenvalue weighted by Gasteiger charge is 2.42. The van der Waals surface area contributed by atoms with Crippen LogP contribution in [0.1, 0.15) is 48.8 Å². The summed E-state index contributed by atoms with van der Waals surface area (Å²) in [6, 6.07) is 15.3. The van der Waals surface area contributed by atoms with Crippen LogP contribution in [0.25, 0.3) is 11.0 Å². The molecule has 2 unspecified atom stereocenters. The van der Waals surface area contributed by atoms with Crippen LogP contribution in [0.4, 0.5) is 11.4 Å². The highest BCUT2D eigenvalue weighted by molar-refractivity contribution is 8.30. The Labute approximate surface area is 250 Å². The number of carboxylic acids is 1. The molecule has 3 aromatic rings. The van der Waals surface area contributed by atoms with Gasteiger partial charge in [0.1, 0.15) is 20.4 Å². The third-order valence-electron chi connectivity index (χ3n) is 7.78. The fraction of sp³-hybridized carbons (Fsp3) is 0.310. The molecule has 2 aromatic carbocycles. The first-order valence-corrected chi connectivity index (χ1v) is 15.8. The third kappa shape index (κ3) is 4.62. The molecule has 6 rings (SSSR count). The molecule has 0 bridgehead atoms. The largest absolute Gasteiger partial charge is 0.480 e. The standard InChI is InChI=1S/C29H27N3O4S4/c1-2-30-27(36)25(40-29(30)38)28-31(14-24(33)34)26(35)23(39-28)13-17-8-11-22-20(12-17)19-4-3-5-21(19)32(22)18-9-6-16(15-37)7-10-18/h6-13,19,21,37H,2-5,14-15H2,1H3,(H,33,34). The number of thiazole rings is 1. The Morgan fingerprint density at radius 1 is 1.18 bits per heavy atom. The molecule has 3 aliphatic rings. The van der Waals surface area contributed by atoms with Crippen molar-refractivity contribution in [3.63, 3.8) is 0 Å². The zero-order valence-electron chi connectivity index (χ0n) is 21.7. The number of anilines is 2. The van der Waals surface area contributed by atoms with Crippen LogP contribution >= 0.6 is 47.9 Å². The number of amides is 1. The number of fused-ring (bicyclic) bond motifs is 3. The molecule has 1 aromatic heterocycles. The number of aromatic nitrogens is 1. The molecule has 1 N–H and O–H groups in total. The van der Waals surface area contributed by atoms with Gasteiger partial charge in [0.15, 0.2) is 0 Å². The van der Waals surface area contributed by atoms with E-state index in [9.17, 15) is 19.5 Å². The SMILES string of the molecule is CCN1C(=O)C(=c2sc(=Cc3ccc4c(c3)C3CCCC3N4c3ccc(CS)cc3)c(=O)n2CC(=O)O)SC1=S. The normalized spacial score (nSPS) is 21.9. The number of nitrogens with zero attached hydrogens (tertiary/aromatic N) is 3. The molecule has 1 saturated carbocycles. The maximum atomic E-state index is 13.4. The number of thioether (sulfide) groups is 1. The van der Waals surface area contributed by atoms with Crippen molar-refractivity contribution in [1.29, 1.82) is 0 Å². The van der Waals surface area contributed by atoms with Crippen molar-refractivity contribution < 1.29 is 14.7 Å². The van der Waals surface area contributed by atoms with Gasteiger partial charge in [0.2, 0.25) is 0 Å². The van der Waals surface area contributed by atoms with Gasteiger partial charge in [0.05, 0.1) is 4.53 Å². The Hall–Kier alpha value is -2.86. The van der Waals surface area contributed by atoms with Gasteiger partial charge in [-0.05, 0) is 66.8 Å². The number of thiocarbonyl (C=S) groups is 1. The molecule has 11 heteroatoms. The maximum Gasteiger partial charge on any atom is 0.323 e. The van der Waals surface area contributed by atoms with Gasteiger partial charge < -0.3 is 10.0 Å². The van der Waals surface area contributed by atoms with Crippen molar-refractivity contribution in [2.75, 3.05) is 11.4 Å². The van der Waals surface area contributed by atoms with Crippen molar-refractivity contribution in [3.8, 4) is 0 Å². The summed E-state index contributed by atoms with van der Waals surface area (Å²) in [4.78, 5) is 42.2. The second kappa shape index (κ2) is 10.8. The summed E-state index contributed by atoms with van der Waals surface area (Å²) in [6.07, 6.45) is 5.22. The molecule has 2 atom stereocenters. The van der Waals surface area contributed by atoms with E-state index in [0.29, 0.717) is 42.7 Å². The van der Waals surface area contributed by atoms with Crippen LogP contribution in [0.5, 0.6) is 0 Å². The Kier molecular flexibility index (Phi) is 7.41. The van der Waals surface area contributed by atoms with E-state index in [1.54, 1.807) is 0 Å². The number of thiol groups is 1. The molecule has 206 valence electrons. The Morgan fingerprint density at radius 2 is 1.95 bits per heavy atom. The van der Waals surface area contributed by atoms with Gasteiger partial charge in [0, 0.05) is 35.6 Å². The summed E-state index contributed by atoms with van der Waals surface area (Å²) in [7, 11) is 0. The molecule has 3 heterocycles. The van der Waals surface area contributed by atoms with Crippen LogP contribution in [0.3, 0.4) is 0 Å². The van der Waals surface area contributed by atoms with Crippen molar-refractivity contribution >= 4 is 86.5 Å². The van der Waals surface area contributed by atoms with Gasteiger partial charge >= 0.3 is 5.97 Å². The van der Waals surface area contributed by atoms with Crippen molar-refractivity contribution in [2.45, 2.75) is 50.4 Å². The predicted molar refractivity (Wildman–Crippen MR) is 168 cm³/mol. The molecule has 2 fully saturated rings. The van der Waals surface area contributed by atoms with Gasteiger partial charge in [-0.15, -0.1) is 11.3 Å². The molecule has 1 amide bonds. The van der Waals surface area contributed by atoms with E-state index in [0.717, 1.165) is 41.5 Å². The van der Waals surface area contributed by atoms with Crippen molar-refractivity contribution in [3.05, 3.63) is 78.7 Å².